The predicted octanol–water partition coefficient (Wildman–Crippen LogP) is 7.47. The zero-order valence-corrected chi connectivity index (χ0v) is 25.9. The summed E-state index contributed by atoms with van der Waals surface area (Å²) in [6, 6.07) is 10.4. The quantitative estimate of drug-likeness (QED) is 0.147. The number of carboxylic acids is 1. The molecule has 0 spiro atoms. The number of aromatic amines is 1. The van der Waals surface area contributed by atoms with Crippen LogP contribution in [0.5, 0.6) is 5.75 Å². The molecule has 0 saturated heterocycles. The number of carbonyl (C=O) groups is 2. The minimum absolute atomic E-state index is 0.0249. The summed E-state index contributed by atoms with van der Waals surface area (Å²) in [7, 11) is 1.88. The van der Waals surface area contributed by atoms with E-state index in [-0.39, 0.29) is 11.4 Å². The van der Waals surface area contributed by atoms with E-state index in [9.17, 15) is 14.7 Å². The van der Waals surface area contributed by atoms with E-state index < -0.39 is 11.9 Å². The lowest BCUT2D eigenvalue weighted by Gasteiger charge is -2.11. The number of nitrogens with one attached hydrogen (secondary N) is 2. The Labute approximate surface area is 258 Å². The van der Waals surface area contributed by atoms with Crippen LogP contribution in [0.1, 0.15) is 55.3 Å². The molecular formula is C32H31Cl2N5O4. The number of aromatic carboxylic acids is 1. The molecule has 2 aromatic carbocycles. The molecule has 5 aromatic rings. The minimum atomic E-state index is -1.10. The molecule has 0 saturated carbocycles. The van der Waals surface area contributed by atoms with Gasteiger partial charge in [0, 0.05) is 40.5 Å². The third-order valence-corrected chi connectivity index (χ3v) is 8.43. The van der Waals surface area contributed by atoms with E-state index in [0.29, 0.717) is 30.2 Å². The molecule has 0 unspecified atom stereocenters. The molecule has 222 valence electrons. The van der Waals surface area contributed by atoms with Crippen LogP contribution >= 0.6 is 23.2 Å². The highest BCUT2D eigenvalue weighted by atomic mass is 35.5. The highest BCUT2D eigenvalue weighted by Crippen LogP contribution is 2.40. The van der Waals surface area contributed by atoms with Crippen molar-refractivity contribution < 1.29 is 19.4 Å². The van der Waals surface area contributed by atoms with Crippen molar-refractivity contribution in [1.29, 1.82) is 0 Å². The SMILES string of the molecule is Cc1cc(OCCCc2c(C(=O)Nc3ccc(C(=O)O)cn3)[nH]c3c(-c4c(C)nn(C)c4C)c(Cl)ccc23)cc(C)c1Cl. The Morgan fingerprint density at radius 1 is 1.05 bits per heavy atom. The van der Waals surface area contributed by atoms with Crippen LogP contribution in [0.15, 0.2) is 42.6 Å². The second-order valence-electron chi connectivity index (χ2n) is 10.5. The Morgan fingerprint density at radius 3 is 2.37 bits per heavy atom. The number of ether oxygens (including phenoxy) is 1. The van der Waals surface area contributed by atoms with Gasteiger partial charge < -0.3 is 20.1 Å². The molecule has 3 heterocycles. The number of carbonyl (C=O) groups excluding carboxylic acids is 1. The van der Waals surface area contributed by atoms with E-state index in [1.807, 2.05) is 59.0 Å². The van der Waals surface area contributed by atoms with Crippen molar-refractivity contribution >= 4 is 51.8 Å². The molecule has 0 fully saturated rings. The lowest BCUT2D eigenvalue weighted by atomic mass is 9.98. The fraction of sp³-hybridized carbons (Fsp3) is 0.250. The van der Waals surface area contributed by atoms with Crippen molar-refractivity contribution in [3.05, 3.63) is 92.0 Å². The first-order valence-electron chi connectivity index (χ1n) is 13.7. The van der Waals surface area contributed by atoms with Crippen molar-refractivity contribution in [1.82, 2.24) is 19.7 Å². The maximum absolute atomic E-state index is 13.7. The number of anilines is 1. The summed E-state index contributed by atoms with van der Waals surface area (Å²) >= 11 is 13.1. The van der Waals surface area contributed by atoms with E-state index in [0.717, 1.165) is 60.9 Å². The van der Waals surface area contributed by atoms with Crippen LogP contribution in [-0.4, -0.2) is 43.3 Å². The van der Waals surface area contributed by atoms with E-state index in [1.165, 1.54) is 18.3 Å². The number of aryl methyl sites for hydroxylation is 5. The molecular weight excluding hydrogens is 589 g/mol. The maximum atomic E-state index is 13.7. The monoisotopic (exact) mass is 619 g/mol. The first-order valence-corrected chi connectivity index (χ1v) is 14.5. The van der Waals surface area contributed by atoms with Crippen molar-refractivity contribution in [2.24, 2.45) is 7.05 Å². The van der Waals surface area contributed by atoms with Gasteiger partial charge in [0.2, 0.25) is 0 Å². The Kier molecular flexibility index (Phi) is 8.48. The summed E-state index contributed by atoms with van der Waals surface area (Å²) in [6.07, 6.45) is 2.36. The number of fused-ring (bicyclic) bond motifs is 1. The highest BCUT2D eigenvalue weighted by Gasteiger charge is 2.24. The zero-order chi connectivity index (χ0) is 31.0. The lowest BCUT2D eigenvalue weighted by molar-refractivity contribution is 0.0696. The van der Waals surface area contributed by atoms with Gasteiger partial charge in [-0.25, -0.2) is 9.78 Å². The molecule has 9 nitrogen and oxygen atoms in total. The number of amides is 1. The average Bonchev–Trinajstić information content (AvgIpc) is 3.45. The number of halogens is 2. The van der Waals surface area contributed by atoms with Crippen molar-refractivity contribution in [2.75, 3.05) is 11.9 Å². The molecule has 1 amide bonds. The second-order valence-corrected chi connectivity index (χ2v) is 11.3. The Balaban J connectivity index is 1.51. The summed E-state index contributed by atoms with van der Waals surface area (Å²) in [4.78, 5) is 32.3. The number of hydrogen-bond acceptors (Lipinski definition) is 5. The van der Waals surface area contributed by atoms with Crippen molar-refractivity contribution in [3.63, 3.8) is 0 Å². The van der Waals surface area contributed by atoms with Crippen LogP contribution < -0.4 is 10.1 Å². The van der Waals surface area contributed by atoms with Crippen LogP contribution in [0.25, 0.3) is 22.0 Å². The Hall–Kier alpha value is -4.34. The first kappa shape index (κ1) is 30.1. The molecule has 0 bridgehead atoms. The topological polar surface area (TPSA) is 122 Å². The van der Waals surface area contributed by atoms with Gasteiger partial charge >= 0.3 is 5.97 Å². The van der Waals surface area contributed by atoms with Crippen molar-refractivity contribution in [2.45, 2.75) is 40.5 Å². The molecule has 5 rings (SSSR count). The van der Waals surface area contributed by atoms with Crippen molar-refractivity contribution in [3.8, 4) is 16.9 Å². The number of pyridine rings is 1. The number of H-pyrrole nitrogens is 1. The second kappa shape index (κ2) is 12.1. The Morgan fingerprint density at radius 2 is 1.77 bits per heavy atom. The van der Waals surface area contributed by atoms with Gasteiger partial charge in [-0.1, -0.05) is 29.3 Å². The average molecular weight is 621 g/mol. The van der Waals surface area contributed by atoms with Gasteiger partial charge in [0.05, 0.1) is 28.4 Å². The number of aromatic nitrogens is 4. The Bertz CT molecular complexity index is 1850. The van der Waals surface area contributed by atoms with Gasteiger partial charge in [0.1, 0.15) is 17.3 Å². The minimum Gasteiger partial charge on any atom is -0.494 e. The molecule has 3 aromatic heterocycles. The molecule has 0 aliphatic carbocycles. The third kappa shape index (κ3) is 5.96. The fourth-order valence-electron chi connectivity index (χ4n) is 5.33. The molecule has 0 aliphatic heterocycles. The van der Waals surface area contributed by atoms with E-state index in [1.54, 1.807) is 4.68 Å². The van der Waals surface area contributed by atoms with Gasteiger partial charge in [0.25, 0.3) is 5.91 Å². The van der Waals surface area contributed by atoms with Crippen LogP contribution in [0.3, 0.4) is 0 Å². The van der Waals surface area contributed by atoms with Gasteiger partial charge in [-0.3, -0.25) is 9.48 Å². The zero-order valence-electron chi connectivity index (χ0n) is 24.4. The summed E-state index contributed by atoms with van der Waals surface area (Å²) in [6.45, 7) is 8.22. The molecule has 43 heavy (non-hydrogen) atoms. The number of benzene rings is 2. The largest absolute Gasteiger partial charge is 0.494 e. The van der Waals surface area contributed by atoms with Gasteiger partial charge in [0.15, 0.2) is 0 Å². The lowest BCUT2D eigenvalue weighted by Crippen LogP contribution is -2.16. The van der Waals surface area contributed by atoms with E-state index >= 15 is 0 Å². The highest BCUT2D eigenvalue weighted by molar-refractivity contribution is 6.35. The summed E-state index contributed by atoms with van der Waals surface area (Å²) in [5.41, 5.74) is 7.25. The summed E-state index contributed by atoms with van der Waals surface area (Å²) in [5, 5.41) is 18.7. The molecule has 0 aliphatic rings. The van der Waals surface area contributed by atoms with Crippen LogP contribution in [0, 0.1) is 27.7 Å². The van der Waals surface area contributed by atoms with Gasteiger partial charge in [-0.15, -0.1) is 0 Å². The van der Waals surface area contributed by atoms with Crippen LogP contribution in [-0.2, 0) is 13.5 Å². The standard InChI is InChI=1S/C32H31Cl2N5O4/c1-16-13-21(14-17(2)28(16)34)43-12-6-7-22-23-9-10-24(33)27(26-18(3)38-39(5)19(26)4)29(23)37-30(22)31(40)36-25-11-8-20(15-35-25)32(41)42/h8-11,13-15,37H,6-7,12H2,1-5H3,(H,41,42)(H,35,36,40). The van der Waals surface area contributed by atoms with E-state index in [4.69, 9.17) is 27.9 Å². The third-order valence-electron chi connectivity index (χ3n) is 7.52. The molecule has 11 heteroatoms. The molecule has 3 N–H and O–H groups in total. The normalized spacial score (nSPS) is 11.2. The number of nitrogens with zero attached hydrogens (tertiary/aromatic N) is 3. The fourth-order valence-corrected chi connectivity index (χ4v) is 5.69. The summed E-state index contributed by atoms with van der Waals surface area (Å²) < 4.78 is 7.85. The van der Waals surface area contributed by atoms with Gasteiger partial charge in [-0.05, 0) is 87.6 Å². The van der Waals surface area contributed by atoms with Crippen LogP contribution in [0.4, 0.5) is 5.82 Å². The number of carboxylic acid groups (broad SMARTS) is 1. The smallest absolute Gasteiger partial charge is 0.337 e. The molecule has 0 atom stereocenters. The predicted molar refractivity (Wildman–Crippen MR) is 169 cm³/mol. The van der Waals surface area contributed by atoms with Crippen LogP contribution in [0.2, 0.25) is 10.0 Å². The summed E-state index contributed by atoms with van der Waals surface area (Å²) in [5.74, 6) is -0.537. The number of rotatable bonds is 9. The maximum Gasteiger partial charge on any atom is 0.337 e. The first-order chi connectivity index (χ1) is 20.5. The number of hydrogen-bond donors (Lipinski definition) is 3. The molecule has 0 radical (unpaired) electrons. The van der Waals surface area contributed by atoms with Gasteiger partial charge in [-0.2, -0.15) is 5.10 Å². The van der Waals surface area contributed by atoms with E-state index in [2.05, 4.69) is 20.4 Å².